The Kier molecular flexibility index (Phi) is 13.2. The normalized spacial score (nSPS) is 20.2. The van der Waals surface area contributed by atoms with E-state index in [9.17, 15) is 19.8 Å². The number of aliphatic carboxylic acids is 1. The van der Waals surface area contributed by atoms with Gasteiger partial charge >= 0.3 is 11.9 Å². The number of unbranched alkanes of at least 4 members (excludes halogenated alkanes) is 3. The molecule has 3 atom stereocenters. The fourth-order valence-electron chi connectivity index (χ4n) is 3.66. The van der Waals surface area contributed by atoms with E-state index in [0.29, 0.717) is 25.0 Å². The summed E-state index contributed by atoms with van der Waals surface area (Å²) in [5.41, 5.74) is -0.256. The van der Waals surface area contributed by atoms with E-state index in [0.717, 1.165) is 42.8 Å². The minimum Gasteiger partial charge on any atom is -0.481 e. The summed E-state index contributed by atoms with van der Waals surface area (Å²) >= 11 is 1.56. The van der Waals surface area contributed by atoms with Gasteiger partial charge in [0.05, 0.1) is 12.2 Å². The lowest BCUT2D eigenvalue weighted by atomic mass is 9.81. The van der Waals surface area contributed by atoms with Crippen LogP contribution in [0.4, 0.5) is 0 Å². The number of hydrogen-bond donors (Lipinski definition) is 3. The van der Waals surface area contributed by atoms with Crippen LogP contribution in [0.2, 0.25) is 0 Å². The Bertz CT molecular complexity index is 655. The van der Waals surface area contributed by atoms with Crippen molar-refractivity contribution < 1.29 is 29.6 Å². The molecule has 0 aromatic carbocycles. The number of hydrogen-bond acceptors (Lipinski definition) is 6. The predicted molar refractivity (Wildman–Crippen MR) is 129 cm³/mol. The summed E-state index contributed by atoms with van der Waals surface area (Å²) in [6.45, 7) is 8.14. The molecule has 7 heteroatoms. The first-order valence-electron chi connectivity index (χ1n) is 11.9. The molecule has 1 aliphatic rings. The highest BCUT2D eigenvalue weighted by atomic mass is 32.2. The van der Waals surface area contributed by atoms with Crippen LogP contribution in [0.25, 0.3) is 0 Å². The quantitative estimate of drug-likeness (QED) is 0.157. The van der Waals surface area contributed by atoms with Gasteiger partial charge < -0.3 is 20.1 Å². The van der Waals surface area contributed by atoms with E-state index >= 15 is 0 Å². The van der Waals surface area contributed by atoms with Crippen molar-refractivity contribution in [3.63, 3.8) is 0 Å². The van der Waals surface area contributed by atoms with Crippen molar-refractivity contribution in [1.29, 1.82) is 0 Å². The number of carbonyl (C=O) groups excluding carboxylic acids is 1. The molecule has 3 N–H and O–H groups in total. The highest BCUT2D eigenvalue weighted by Gasteiger charge is 2.35. The van der Waals surface area contributed by atoms with Crippen LogP contribution in [0.15, 0.2) is 22.8 Å². The second-order valence-corrected chi connectivity index (χ2v) is 10.4. The van der Waals surface area contributed by atoms with Gasteiger partial charge in [-0.3, -0.25) is 9.59 Å². The van der Waals surface area contributed by atoms with Gasteiger partial charge in [-0.1, -0.05) is 59.1 Å². The van der Waals surface area contributed by atoms with E-state index in [-0.39, 0.29) is 30.1 Å². The lowest BCUT2D eigenvalue weighted by Gasteiger charge is -2.29. The predicted octanol–water partition coefficient (Wildman–Crippen LogP) is 5.43. The maximum Gasteiger partial charge on any atom is 0.310 e. The number of aliphatic hydroxyl groups excluding tert-OH is 2. The van der Waals surface area contributed by atoms with Crippen molar-refractivity contribution in [2.75, 3.05) is 5.75 Å². The van der Waals surface area contributed by atoms with E-state index < -0.39 is 18.2 Å². The van der Waals surface area contributed by atoms with Crippen molar-refractivity contribution in [1.82, 2.24) is 0 Å². The van der Waals surface area contributed by atoms with Gasteiger partial charge in [-0.25, -0.2) is 0 Å². The Morgan fingerprint density at radius 3 is 2.50 bits per heavy atom. The van der Waals surface area contributed by atoms with Gasteiger partial charge in [0, 0.05) is 30.1 Å². The molecule has 0 aromatic heterocycles. The standard InChI is InChI=1S/C25H42O6S/c1-5-7-15-25(3,4)21(27)14-13-18-19(26)17-20(31-23(30)11-6-2)24(18)32-16-10-8-9-12-22(28)29/h13-14,18-19,21,26-27H,5-12,15-17H2,1-4H3,(H,28,29)/t18-,19+,21-/m0/s1. The van der Waals surface area contributed by atoms with Gasteiger partial charge in [-0.05, 0) is 36.9 Å². The maximum absolute atomic E-state index is 12.1. The summed E-state index contributed by atoms with van der Waals surface area (Å²) in [5, 5.41) is 30.2. The number of esters is 1. The van der Waals surface area contributed by atoms with E-state index in [1.807, 2.05) is 26.8 Å². The number of thioether (sulfide) groups is 1. The summed E-state index contributed by atoms with van der Waals surface area (Å²) in [7, 11) is 0. The molecule has 0 amide bonds. The van der Waals surface area contributed by atoms with E-state index in [1.54, 1.807) is 17.8 Å². The third-order valence-corrected chi connectivity index (χ3v) is 7.15. The number of carbonyl (C=O) groups is 2. The van der Waals surface area contributed by atoms with Crippen LogP contribution in [0, 0.1) is 11.3 Å². The minimum atomic E-state index is -0.782. The Labute approximate surface area is 197 Å². The van der Waals surface area contributed by atoms with Crippen LogP contribution >= 0.6 is 11.8 Å². The van der Waals surface area contributed by atoms with Gasteiger partial charge in [-0.2, -0.15) is 0 Å². The average molecular weight is 471 g/mol. The Morgan fingerprint density at radius 1 is 1.16 bits per heavy atom. The first-order chi connectivity index (χ1) is 15.1. The highest BCUT2D eigenvalue weighted by molar-refractivity contribution is 8.03. The molecule has 0 fully saturated rings. The summed E-state index contributed by atoms with van der Waals surface area (Å²) < 4.78 is 5.59. The van der Waals surface area contributed by atoms with Gasteiger partial charge in [0.25, 0.3) is 0 Å². The molecule has 0 unspecified atom stereocenters. The molecule has 0 saturated carbocycles. The molecule has 184 valence electrons. The summed E-state index contributed by atoms with van der Waals surface area (Å²) in [6, 6.07) is 0. The zero-order valence-corrected chi connectivity index (χ0v) is 21.0. The van der Waals surface area contributed by atoms with Crippen LogP contribution in [-0.2, 0) is 14.3 Å². The summed E-state index contributed by atoms with van der Waals surface area (Å²) in [4.78, 5) is 23.6. The topological polar surface area (TPSA) is 104 Å². The lowest BCUT2D eigenvalue weighted by molar-refractivity contribution is -0.140. The van der Waals surface area contributed by atoms with Crippen molar-refractivity contribution in [3.05, 3.63) is 22.8 Å². The van der Waals surface area contributed by atoms with Crippen LogP contribution in [0.3, 0.4) is 0 Å². The van der Waals surface area contributed by atoms with Crippen LogP contribution < -0.4 is 0 Å². The molecule has 0 bridgehead atoms. The maximum atomic E-state index is 12.1. The summed E-state index contributed by atoms with van der Waals surface area (Å²) in [6.07, 6.45) is 9.10. The Hall–Kier alpha value is -1.31. The Morgan fingerprint density at radius 2 is 1.88 bits per heavy atom. The average Bonchev–Trinajstić information content (AvgIpc) is 3.00. The zero-order chi connectivity index (χ0) is 24.1. The number of carboxylic acid groups (broad SMARTS) is 1. The molecule has 0 aromatic rings. The number of rotatable bonds is 16. The molecule has 0 aliphatic heterocycles. The fourth-order valence-corrected chi connectivity index (χ4v) is 4.94. The molecule has 1 rings (SSSR count). The monoisotopic (exact) mass is 470 g/mol. The van der Waals surface area contributed by atoms with Crippen LogP contribution in [0.1, 0.15) is 91.9 Å². The van der Waals surface area contributed by atoms with Gasteiger partial charge in [0.2, 0.25) is 0 Å². The fraction of sp³-hybridized carbons (Fsp3) is 0.760. The molecule has 0 radical (unpaired) electrons. The van der Waals surface area contributed by atoms with Gasteiger partial charge in [0.1, 0.15) is 5.76 Å². The van der Waals surface area contributed by atoms with E-state index in [2.05, 4.69) is 6.92 Å². The Balaban J connectivity index is 2.88. The number of aliphatic hydroxyl groups is 2. The summed E-state index contributed by atoms with van der Waals surface area (Å²) in [5.74, 6) is -0.110. The van der Waals surface area contributed by atoms with Crippen molar-refractivity contribution in [2.45, 2.75) is 104 Å². The lowest BCUT2D eigenvalue weighted by Crippen LogP contribution is -2.28. The van der Waals surface area contributed by atoms with Crippen LogP contribution in [-0.4, -0.2) is 45.2 Å². The van der Waals surface area contributed by atoms with Gasteiger partial charge in [-0.15, -0.1) is 11.8 Å². The van der Waals surface area contributed by atoms with Crippen LogP contribution in [0.5, 0.6) is 0 Å². The first-order valence-corrected chi connectivity index (χ1v) is 12.9. The third kappa shape index (κ3) is 10.1. The second kappa shape index (κ2) is 14.8. The largest absolute Gasteiger partial charge is 0.481 e. The van der Waals surface area contributed by atoms with Crippen molar-refractivity contribution >= 4 is 23.7 Å². The SMILES string of the molecule is CCCCC(C)(C)[C@@H](O)C=C[C@@H]1C(SCCCCCC(=O)O)=C(OC(=O)CCC)C[C@H]1O. The zero-order valence-electron chi connectivity index (χ0n) is 20.1. The highest BCUT2D eigenvalue weighted by Crippen LogP contribution is 2.42. The molecular weight excluding hydrogens is 428 g/mol. The van der Waals surface area contributed by atoms with E-state index in [1.165, 1.54) is 0 Å². The number of carboxylic acids is 1. The van der Waals surface area contributed by atoms with Gasteiger partial charge in [0.15, 0.2) is 0 Å². The molecule has 6 nitrogen and oxygen atoms in total. The molecule has 0 spiro atoms. The molecule has 0 heterocycles. The molecule has 1 aliphatic carbocycles. The molecule has 32 heavy (non-hydrogen) atoms. The van der Waals surface area contributed by atoms with Crippen molar-refractivity contribution in [3.8, 4) is 0 Å². The molecule has 0 saturated heterocycles. The smallest absolute Gasteiger partial charge is 0.310 e. The minimum absolute atomic E-state index is 0.170. The second-order valence-electron chi connectivity index (χ2n) is 9.28. The third-order valence-electron chi connectivity index (χ3n) is 5.85. The molecular formula is C25H42O6S. The van der Waals surface area contributed by atoms with Crippen molar-refractivity contribution in [2.24, 2.45) is 11.3 Å². The first kappa shape index (κ1) is 28.7. The van der Waals surface area contributed by atoms with E-state index in [4.69, 9.17) is 9.84 Å². The number of ether oxygens (including phenoxy) is 1.